The van der Waals surface area contributed by atoms with Gasteiger partial charge in [-0.15, -0.1) is 0 Å². The van der Waals surface area contributed by atoms with Crippen molar-refractivity contribution in [3.8, 4) is 5.75 Å². The monoisotopic (exact) mass is 475 g/mol. The number of ether oxygens (including phenoxy) is 1. The molecule has 0 spiro atoms. The molecule has 2 aromatic rings. The zero-order chi connectivity index (χ0) is 24.5. The van der Waals surface area contributed by atoms with Crippen LogP contribution >= 0.6 is 0 Å². The highest BCUT2D eigenvalue weighted by atomic mass is 16.5. The lowest BCUT2D eigenvalue weighted by Crippen LogP contribution is -2.41. The first-order chi connectivity index (χ1) is 17.1. The molecule has 186 valence electrons. The number of anilines is 1. The third-order valence-corrected chi connectivity index (χ3v) is 6.86. The fourth-order valence-corrected chi connectivity index (χ4v) is 4.94. The van der Waals surface area contributed by atoms with Crippen LogP contribution in [0.1, 0.15) is 73.7 Å². The fourth-order valence-electron chi connectivity index (χ4n) is 4.94. The molecule has 3 amide bonds. The maximum atomic E-state index is 12.9. The lowest BCUT2D eigenvalue weighted by Gasteiger charge is -2.33. The highest BCUT2D eigenvalue weighted by Gasteiger charge is 2.25. The van der Waals surface area contributed by atoms with Gasteiger partial charge >= 0.3 is 6.03 Å². The maximum absolute atomic E-state index is 12.9. The van der Waals surface area contributed by atoms with E-state index >= 15 is 0 Å². The van der Waals surface area contributed by atoms with Gasteiger partial charge in [-0.1, -0.05) is 23.8 Å². The Morgan fingerprint density at radius 2 is 1.94 bits per heavy atom. The molecule has 0 aromatic heterocycles. The number of urea groups is 1. The van der Waals surface area contributed by atoms with Crippen molar-refractivity contribution in [3.05, 3.63) is 71.3 Å². The number of nitrogens with one attached hydrogen (secondary N) is 2. The zero-order valence-electron chi connectivity index (χ0n) is 20.7. The van der Waals surface area contributed by atoms with Crippen molar-refractivity contribution in [1.29, 1.82) is 0 Å². The number of hydrogen-bond donors (Lipinski definition) is 2. The average molecular weight is 476 g/mol. The summed E-state index contributed by atoms with van der Waals surface area (Å²) < 4.78 is 5.47. The Balaban J connectivity index is 1.31. The molecule has 1 aliphatic heterocycles. The molecule has 1 fully saturated rings. The van der Waals surface area contributed by atoms with E-state index in [2.05, 4.69) is 22.8 Å². The van der Waals surface area contributed by atoms with Crippen LogP contribution in [0.3, 0.4) is 0 Å². The van der Waals surface area contributed by atoms with Crippen LogP contribution in [0.4, 0.5) is 10.5 Å². The first-order valence-electron chi connectivity index (χ1n) is 13.0. The molecule has 0 unspecified atom stereocenters. The smallest absolute Gasteiger partial charge is 0.321 e. The second-order valence-electron chi connectivity index (χ2n) is 9.41. The molecule has 1 aliphatic carbocycles. The molecule has 35 heavy (non-hydrogen) atoms. The molecule has 4 rings (SSSR count). The van der Waals surface area contributed by atoms with Gasteiger partial charge in [0.25, 0.3) is 5.91 Å². The number of rotatable bonds is 8. The van der Waals surface area contributed by atoms with Crippen LogP contribution in [-0.4, -0.2) is 43.1 Å². The van der Waals surface area contributed by atoms with Crippen molar-refractivity contribution >= 4 is 17.6 Å². The number of benzene rings is 2. The Bertz CT molecular complexity index is 1030. The van der Waals surface area contributed by atoms with Crippen LogP contribution in [-0.2, 0) is 0 Å². The first kappa shape index (κ1) is 24.8. The van der Waals surface area contributed by atoms with E-state index < -0.39 is 0 Å². The fraction of sp³-hybridized carbons (Fsp3) is 0.448. The van der Waals surface area contributed by atoms with Crippen molar-refractivity contribution in [2.75, 3.05) is 31.6 Å². The number of nitrogens with zero attached hydrogens (tertiary/aromatic N) is 1. The number of hydrogen-bond acceptors (Lipinski definition) is 3. The van der Waals surface area contributed by atoms with Gasteiger partial charge in [-0.3, -0.25) is 4.79 Å². The van der Waals surface area contributed by atoms with Gasteiger partial charge in [-0.2, -0.15) is 0 Å². The van der Waals surface area contributed by atoms with E-state index in [1.807, 2.05) is 54.3 Å². The van der Waals surface area contributed by atoms with Gasteiger partial charge in [-0.05, 0) is 93.8 Å². The van der Waals surface area contributed by atoms with E-state index in [0.717, 1.165) is 49.2 Å². The molecular formula is C29H37N3O3. The van der Waals surface area contributed by atoms with Gasteiger partial charge in [-0.25, -0.2) is 4.79 Å². The third kappa shape index (κ3) is 7.10. The summed E-state index contributed by atoms with van der Waals surface area (Å²) in [7, 11) is 0. The van der Waals surface area contributed by atoms with Gasteiger partial charge in [0.1, 0.15) is 5.75 Å². The van der Waals surface area contributed by atoms with Gasteiger partial charge in [0.05, 0.1) is 6.61 Å². The quantitative estimate of drug-likeness (QED) is 0.452. The molecule has 2 aromatic carbocycles. The minimum atomic E-state index is -0.0928. The maximum Gasteiger partial charge on any atom is 0.321 e. The molecule has 1 heterocycles. The average Bonchev–Trinajstić information content (AvgIpc) is 2.90. The Morgan fingerprint density at radius 3 is 2.71 bits per heavy atom. The second-order valence-corrected chi connectivity index (χ2v) is 9.41. The van der Waals surface area contributed by atoms with E-state index in [1.54, 1.807) is 0 Å². The van der Waals surface area contributed by atoms with Crippen LogP contribution < -0.4 is 15.4 Å². The molecule has 0 saturated carbocycles. The van der Waals surface area contributed by atoms with Gasteiger partial charge < -0.3 is 20.3 Å². The van der Waals surface area contributed by atoms with Crippen molar-refractivity contribution in [2.24, 2.45) is 0 Å². The lowest BCUT2D eigenvalue weighted by molar-refractivity contribution is 0.0953. The summed E-state index contributed by atoms with van der Waals surface area (Å²) in [5, 5.41) is 6.07. The first-order valence-corrected chi connectivity index (χ1v) is 13.0. The largest absolute Gasteiger partial charge is 0.494 e. The lowest BCUT2D eigenvalue weighted by atomic mass is 9.89. The molecule has 2 N–H and O–H groups in total. The highest BCUT2D eigenvalue weighted by Crippen LogP contribution is 2.28. The number of allylic oxidation sites excluding steroid dienone is 1. The van der Waals surface area contributed by atoms with Crippen molar-refractivity contribution < 1.29 is 14.3 Å². The predicted molar refractivity (Wildman–Crippen MR) is 140 cm³/mol. The van der Waals surface area contributed by atoms with Crippen LogP contribution in [0.15, 0.2) is 60.2 Å². The summed E-state index contributed by atoms with van der Waals surface area (Å²) in [4.78, 5) is 27.5. The Kier molecular flexibility index (Phi) is 8.82. The number of carbonyl (C=O) groups is 2. The van der Waals surface area contributed by atoms with Crippen LogP contribution in [0, 0.1) is 0 Å². The molecule has 1 atom stereocenters. The number of piperidine rings is 1. The number of carbonyl (C=O) groups excluding carboxylic acids is 2. The number of amides is 3. The van der Waals surface area contributed by atoms with Crippen LogP contribution in [0.2, 0.25) is 0 Å². The second kappa shape index (κ2) is 12.4. The summed E-state index contributed by atoms with van der Waals surface area (Å²) in [6, 6.07) is 15.2. The third-order valence-electron chi connectivity index (χ3n) is 6.86. The summed E-state index contributed by atoms with van der Waals surface area (Å²) in [5.41, 5.74) is 4.03. The van der Waals surface area contributed by atoms with Crippen molar-refractivity contribution in [2.45, 2.75) is 57.8 Å². The van der Waals surface area contributed by atoms with Crippen molar-refractivity contribution in [3.63, 3.8) is 0 Å². The molecular weight excluding hydrogens is 438 g/mol. The molecule has 6 nitrogen and oxygen atoms in total. The molecule has 1 saturated heterocycles. The van der Waals surface area contributed by atoms with Crippen LogP contribution in [0.5, 0.6) is 5.75 Å². The summed E-state index contributed by atoms with van der Waals surface area (Å²) >= 11 is 0. The SMILES string of the molecule is CCOc1ccc(NC(=O)N2CCC[C@@H](c3cccc(C(=O)NCCC4=CCCCC4)c3)C2)cc1. The van der Waals surface area contributed by atoms with E-state index in [4.69, 9.17) is 4.74 Å². The van der Waals surface area contributed by atoms with E-state index in [9.17, 15) is 9.59 Å². The highest BCUT2D eigenvalue weighted by molar-refractivity contribution is 5.94. The van der Waals surface area contributed by atoms with Gasteiger partial charge in [0.15, 0.2) is 0 Å². The van der Waals surface area contributed by atoms with Gasteiger partial charge in [0, 0.05) is 36.8 Å². The minimum Gasteiger partial charge on any atom is -0.494 e. The van der Waals surface area contributed by atoms with E-state index in [0.29, 0.717) is 25.3 Å². The number of likely N-dealkylation sites (tertiary alicyclic amines) is 1. The summed E-state index contributed by atoms with van der Waals surface area (Å²) in [6.45, 7) is 4.61. The van der Waals surface area contributed by atoms with Gasteiger partial charge in [0.2, 0.25) is 0 Å². The minimum absolute atomic E-state index is 0.0239. The molecule has 6 heteroatoms. The predicted octanol–water partition coefficient (Wildman–Crippen LogP) is 6.12. The molecule has 0 radical (unpaired) electrons. The van der Waals surface area contributed by atoms with E-state index in [1.165, 1.54) is 24.8 Å². The topological polar surface area (TPSA) is 70.7 Å². The Labute approximate surface area is 208 Å². The normalized spacial score (nSPS) is 17.9. The molecule has 0 bridgehead atoms. The van der Waals surface area contributed by atoms with Crippen LogP contribution in [0.25, 0.3) is 0 Å². The zero-order valence-corrected chi connectivity index (χ0v) is 20.7. The van der Waals surface area contributed by atoms with E-state index in [-0.39, 0.29) is 17.9 Å². The Hall–Kier alpha value is -3.28. The standard InChI is InChI=1S/C29H37N3O3/c1-2-35-27-15-13-26(14-16-27)31-29(34)32-19-7-12-25(21-32)23-10-6-11-24(20-23)28(33)30-18-17-22-8-4-3-5-9-22/h6,8,10-11,13-16,20,25H,2-5,7,9,12,17-19,21H2,1H3,(H,30,33)(H,31,34)/t25-/m1/s1. The summed E-state index contributed by atoms with van der Waals surface area (Å²) in [5.74, 6) is 0.984. The summed E-state index contributed by atoms with van der Waals surface area (Å²) in [6.07, 6.45) is 10.1. The van der Waals surface area contributed by atoms with Crippen molar-refractivity contribution in [1.82, 2.24) is 10.2 Å². The molecule has 2 aliphatic rings. The Morgan fingerprint density at radius 1 is 1.09 bits per heavy atom.